The van der Waals surface area contributed by atoms with Gasteiger partial charge in [-0.15, -0.1) is 0 Å². The summed E-state index contributed by atoms with van der Waals surface area (Å²) in [5.41, 5.74) is 0.348. The highest BCUT2D eigenvalue weighted by molar-refractivity contribution is 7.91. The van der Waals surface area contributed by atoms with Crippen LogP contribution in [0.1, 0.15) is 23.2 Å². The molecule has 3 heterocycles. The van der Waals surface area contributed by atoms with E-state index in [4.69, 9.17) is 0 Å². The Balaban J connectivity index is 1.63. The van der Waals surface area contributed by atoms with Crippen molar-refractivity contribution in [1.29, 1.82) is 0 Å². The molecule has 1 N–H and O–H groups in total. The van der Waals surface area contributed by atoms with Gasteiger partial charge in [0.15, 0.2) is 19.7 Å². The van der Waals surface area contributed by atoms with Crippen LogP contribution in [0.3, 0.4) is 0 Å². The lowest BCUT2D eigenvalue weighted by Gasteiger charge is -2.24. The number of amides is 1. The fraction of sp³-hybridized carbons (Fsp3) is 0.600. The van der Waals surface area contributed by atoms with Crippen molar-refractivity contribution in [2.24, 2.45) is 0 Å². The topological polar surface area (TPSA) is 114 Å². The largest absolute Gasteiger partial charge is 0.356 e. The molecule has 2 unspecified atom stereocenters. The SMILES string of the molecule is CN(c1ccc(C(=O)NC2CCS(=O)(=O)C2)cn1)C1CCS(=O)(=O)C1. The average molecular weight is 387 g/mol. The number of hydrogen-bond acceptors (Lipinski definition) is 7. The van der Waals surface area contributed by atoms with Gasteiger partial charge in [0.1, 0.15) is 5.82 Å². The van der Waals surface area contributed by atoms with Crippen LogP contribution in [0.25, 0.3) is 0 Å². The smallest absolute Gasteiger partial charge is 0.253 e. The molecule has 3 rings (SSSR count). The normalized spacial score (nSPS) is 27.1. The third-order valence-corrected chi connectivity index (χ3v) is 8.21. The van der Waals surface area contributed by atoms with Crippen LogP contribution in [0.15, 0.2) is 18.3 Å². The molecule has 10 heteroatoms. The third kappa shape index (κ3) is 4.30. The Morgan fingerprint density at radius 1 is 1.12 bits per heavy atom. The molecule has 2 fully saturated rings. The minimum atomic E-state index is -3.05. The minimum absolute atomic E-state index is 0.0247. The van der Waals surface area contributed by atoms with Gasteiger partial charge in [0, 0.05) is 25.3 Å². The Morgan fingerprint density at radius 2 is 1.80 bits per heavy atom. The van der Waals surface area contributed by atoms with E-state index >= 15 is 0 Å². The summed E-state index contributed by atoms with van der Waals surface area (Å²) in [5, 5.41) is 2.71. The second-order valence-electron chi connectivity index (χ2n) is 6.65. The fourth-order valence-corrected chi connectivity index (χ4v) is 6.62. The molecule has 8 nitrogen and oxygen atoms in total. The zero-order valence-corrected chi connectivity index (χ0v) is 15.5. The van der Waals surface area contributed by atoms with E-state index in [1.54, 1.807) is 19.2 Å². The number of sulfone groups is 2. The third-order valence-electron chi connectivity index (χ3n) is 4.70. The van der Waals surface area contributed by atoms with E-state index in [0.717, 1.165) is 0 Å². The maximum atomic E-state index is 12.2. The number of pyridine rings is 1. The molecule has 138 valence electrons. The highest BCUT2D eigenvalue weighted by Crippen LogP contribution is 2.21. The van der Waals surface area contributed by atoms with Crippen molar-refractivity contribution in [3.8, 4) is 0 Å². The standard InChI is InChI=1S/C15H21N3O5S2/c1-18(13-5-7-25(22,23)10-13)14-3-2-11(8-16-14)15(19)17-12-4-6-24(20,21)9-12/h2-3,8,12-13H,4-7,9-10H2,1H3,(H,17,19). The highest BCUT2D eigenvalue weighted by Gasteiger charge is 2.31. The van der Waals surface area contributed by atoms with Crippen LogP contribution in [0, 0.1) is 0 Å². The molecule has 25 heavy (non-hydrogen) atoms. The van der Waals surface area contributed by atoms with Gasteiger partial charge >= 0.3 is 0 Å². The first-order valence-corrected chi connectivity index (χ1v) is 11.7. The van der Waals surface area contributed by atoms with Gasteiger partial charge in [0.25, 0.3) is 5.91 Å². The van der Waals surface area contributed by atoms with Gasteiger partial charge in [0.05, 0.1) is 28.6 Å². The number of nitrogens with one attached hydrogen (secondary N) is 1. The molecule has 0 spiro atoms. The van der Waals surface area contributed by atoms with E-state index in [1.165, 1.54) is 6.20 Å². The number of carbonyl (C=O) groups excluding carboxylic acids is 1. The Hall–Kier alpha value is -1.68. The quantitative estimate of drug-likeness (QED) is 0.749. The van der Waals surface area contributed by atoms with Crippen molar-refractivity contribution < 1.29 is 21.6 Å². The summed E-state index contributed by atoms with van der Waals surface area (Å²) in [4.78, 5) is 18.3. The Morgan fingerprint density at radius 3 is 2.32 bits per heavy atom. The van der Waals surface area contributed by atoms with Gasteiger partial charge in [-0.2, -0.15) is 0 Å². The molecule has 0 aliphatic carbocycles. The zero-order chi connectivity index (χ0) is 18.2. The molecule has 1 aromatic heterocycles. The van der Waals surface area contributed by atoms with E-state index in [-0.39, 0.29) is 41.0 Å². The van der Waals surface area contributed by atoms with Gasteiger partial charge in [-0.1, -0.05) is 0 Å². The fourth-order valence-electron chi connectivity index (χ4n) is 3.17. The summed E-state index contributed by atoms with van der Waals surface area (Å²) in [5.74, 6) is 0.623. The van der Waals surface area contributed by atoms with Crippen molar-refractivity contribution in [2.75, 3.05) is 35.0 Å². The maximum Gasteiger partial charge on any atom is 0.253 e. The van der Waals surface area contributed by atoms with Crippen LogP contribution in [0.5, 0.6) is 0 Å². The molecule has 1 amide bonds. The molecule has 0 bridgehead atoms. The van der Waals surface area contributed by atoms with Crippen molar-refractivity contribution in [2.45, 2.75) is 24.9 Å². The van der Waals surface area contributed by atoms with Crippen molar-refractivity contribution in [3.63, 3.8) is 0 Å². The van der Waals surface area contributed by atoms with Crippen LogP contribution in [-0.4, -0.2) is 69.9 Å². The van der Waals surface area contributed by atoms with Gasteiger partial charge < -0.3 is 10.2 Å². The first-order valence-electron chi connectivity index (χ1n) is 8.06. The molecular formula is C15H21N3O5S2. The molecule has 0 aromatic carbocycles. The van der Waals surface area contributed by atoms with E-state index < -0.39 is 19.7 Å². The molecule has 1 aromatic rings. The zero-order valence-electron chi connectivity index (χ0n) is 13.9. The van der Waals surface area contributed by atoms with Crippen molar-refractivity contribution in [1.82, 2.24) is 10.3 Å². The lowest BCUT2D eigenvalue weighted by atomic mass is 10.2. The second-order valence-corrected chi connectivity index (χ2v) is 11.1. The van der Waals surface area contributed by atoms with Crippen molar-refractivity contribution >= 4 is 31.4 Å². The number of hydrogen-bond donors (Lipinski definition) is 1. The van der Waals surface area contributed by atoms with Crippen LogP contribution < -0.4 is 10.2 Å². The lowest BCUT2D eigenvalue weighted by molar-refractivity contribution is 0.0941. The van der Waals surface area contributed by atoms with Crippen LogP contribution in [0.4, 0.5) is 5.82 Å². The Bertz CT molecular complexity index is 865. The predicted octanol–water partition coefficient (Wildman–Crippen LogP) is -0.378. The summed E-state index contributed by atoms with van der Waals surface area (Å²) in [6, 6.07) is 2.82. The van der Waals surface area contributed by atoms with E-state index in [9.17, 15) is 21.6 Å². The Labute approximate surface area is 147 Å². The maximum absolute atomic E-state index is 12.2. The molecule has 2 aliphatic rings. The summed E-state index contributed by atoms with van der Waals surface area (Å²) in [6.45, 7) is 0. The van der Waals surface area contributed by atoms with E-state index in [0.29, 0.717) is 24.2 Å². The van der Waals surface area contributed by atoms with Gasteiger partial charge in [-0.25, -0.2) is 21.8 Å². The summed E-state index contributed by atoms with van der Waals surface area (Å²) in [7, 11) is -4.23. The van der Waals surface area contributed by atoms with Gasteiger partial charge in [-0.05, 0) is 25.0 Å². The van der Waals surface area contributed by atoms with Gasteiger partial charge in [0.2, 0.25) is 0 Å². The monoisotopic (exact) mass is 387 g/mol. The van der Waals surface area contributed by atoms with Crippen LogP contribution in [0.2, 0.25) is 0 Å². The summed E-state index contributed by atoms with van der Waals surface area (Å²) < 4.78 is 46.1. The predicted molar refractivity (Wildman–Crippen MR) is 94.2 cm³/mol. The number of nitrogens with zero attached hydrogens (tertiary/aromatic N) is 2. The highest BCUT2D eigenvalue weighted by atomic mass is 32.2. The van der Waals surface area contributed by atoms with Gasteiger partial charge in [-0.3, -0.25) is 4.79 Å². The molecule has 2 atom stereocenters. The molecular weight excluding hydrogens is 366 g/mol. The second kappa shape index (κ2) is 6.56. The van der Waals surface area contributed by atoms with Crippen molar-refractivity contribution in [3.05, 3.63) is 23.9 Å². The summed E-state index contributed by atoms with van der Waals surface area (Å²) >= 11 is 0. The van der Waals surface area contributed by atoms with E-state index in [1.807, 2.05) is 4.90 Å². The number of carbonyl (C=O) groups is 1. The molecule has 0 saturated carbocycles. The van der Waals surface area contributed by atoms with Crippen LogP contribution in [-0.2, 0) is 19.7 Å². The lowest BCUT2D eigenvalue weighted by Crippen LogP contribution is -2.36. The number of rotatable bonds is 4. The number of aromatic nitrogens is 1. The molecule has 2 saturated heterocycles. The first-order chi connectivity index (χ1) is 11.7. The average Bonchev–Trinajstić information content (AvgIpc) is 3.08. The number of anilines is 1. The summed E-state index contributed by atoms with van der Waals surface area (Å²) in [6.07, 6.45) is 2.42. The molecule has 2 aliphatic heterocycles. The molecule has 0 radical (unpaired) electrons. The van der Waals surface area contributed by atoms with Crippen LogP contribution >= 0.6 is 0 Å². The minimum Gasteiger partial charge on any atom is -0.356 e. The Kier molecular flexibility index (Phi) is 4.76. The van der Waals surface area contributed by atoms with E-state index in [2.05, 4.69) is 10.3 Å². The first kappa shape index (κ1) is 18.1.